The smallest absolute Gasteiger partial charge is 0.276 e. The van der Waals surface area contributed by atoms with Crippen LogP contribution in [0.2, 0.25) is 0 Å². The lowest BCUT2D eigenvalue weighted by Gasteiger charge is -2.34. The second-order valence-electron chi connectivity index (χ2n) is 5.35. The molecule has 1 fully saturated rings. The third kappa shape index (κ3) is 3.02. The zero-order chi connectivity index (χ0) is 16.4. The highest BCUT2D eigenvalue weighted by Crippen LogP contribution is 2.25. The van der Waals surface area contributed by atoms with Gasteiger partial charge in [0.2, 0.25) is 0 Å². The predicted molar refractivity (Wildman–Crippen MR) is 82.2 cm³/mol. The lowest BCUT2D eigenvalue weighted by molar-refractivity contribution is -0.00559. The molecule has 2 aromatic rings. The maximum absolute atomic E-state index is 12.8. The van der Waals surface area contributed by atoms with Gasteiger partial charge in [-0.05, 0) is 13.8 Å². The number of carbonyl (C=O) groups is 1. The summed E-state index contributed by atoms with van der Waals surface area (Å²) in [6.45, 7) is 4.91. The van der Waals surface area contributed by atoms with Gasteiger partial charge in [0.05, 0.1) is 13.2 Å². The number of ether oxygens (including phenoxy) is 1. The van der Waals surface area contributed by atoms with Crippen LogP contribution in [0.1, 0.15) is 33.8 Å². The number of rotatable bonds is 3. The molecule has 8 nitrogen and oxygen atoms in total. The Bertz CT molecular complexity index is 715. The van der Waals surface area contributed by atoms with Gasteiger partial charge in [-0.25, -0.2) is 15.0 Å². The SMILES string of the molecule is CNc1cc(C)nc([C@@H]2COCCN2C(=O)c2ncoc2C)n1. The largest absolute Gasteiger partial charge is 0.448 e. The van der Waals surface area contributed by atoms with Crippen molar-refractivity contribution in [2.45, 2.75) is 19.9 Å². The monoisotopic (exact) mass is 317 g/mol. The van der Waals surface area contributed by atoms with Gasteiger partial charge < -0.3 is 19.4 Å². The average molecular weight is 317 g/mol. The third-order valence-electron chi connectivity index (χ3n) is 3.76. The second kappa shape index (κ2) is 6.33. The number of hydrogen-bond donors (Lipinski definition) is 1. The Hall–Kier alpha value is -2.48. The van der Waals surface area contributed by atoms with Gasteiger partial charge in [-0.3, -0.25) is 4.79 Å². The summed E-state index contributed by atoms with van der Waals surface area (Å²) in [4.78, 5) is 27.4. The molecule has 3 heterocycles. The van der Waals surface area contributed by atoms with Crippen LogP contribution in [0.5, 0.6) is 0 Å². The fraction of sp³-hybridized carbons (Fsp3) is 0.467. The standard InChI is InChI=1S/C15H19N5O3/c1-9-6-12(16-3)19-14(18-9)11-7-22-5-4-20(11)15(21)13-10(2)23-8-17-13/h6,8,11H,4-5,7H2,1-3H3,(H,16,18,19)/t11-/m0/s1. The molecule has 8 heteroatoms. The molecule has 3 rings (SSSR count). The molecule has 1 aliphatic rings. The van der Waals surface area contributed by atoms with Crippen LogP contribution in [0.4, 0.5) is 5.82 Å². The summed E-state index contributed by atoms with van der Waals surface area (Å²) in [7, 11) is 1.80. The Labute approximate surface area is 133 Å². The second-order valence-corrected chi connectivity index (χ2v) is 5.35. The number of nitrogens with one attached hydrogen (secondary N) is 1. The van der Waals surface area contributed by atoms with Gasteiger partial charge >= 0.3 is 0 Å². The lowest BCUT2D eigenvalue weighted by Crippen LogP contribution is -2.44. The number of aromatic nitrogens is 3. The lowest BCUT2D eigenvalue weighted by atomic mass is 10.1. The summed E-state index contributed by atoms with van der Waals surface area (Å²) in [6, 6.07) is 1.50. The van der Waals surface area contributed by atoms with E-state index >= 15 is 0 Å². The minimum Gasteiger partial charge on any atom is -0.448 e. The highest BCUT2D eigenvalue weighted by molar-refractivity contribution is 5.93. The summed E-state index contributed by atoms with van der Waals surface area (Å²) in [5.74, 6) is 1.58. The van der Waals surface area contributed by atoms with Crippen LogP contribution in [0.15, 0.2) is 16.9 Å². The van der Waals surface area contributed by atoms with E-state index in [9.17, 15) is 4.79 Å². The van der Waals surface area contributed by atoms with Gasteiger partial charge in [0, 0.05) is 25.4 Å². The fourth-order valence-electron chi connectivity index (χ4n) is 2.58. The van der Waals surface area contributed by atoms with Crippen molar-refractivity contribution in [1.29, 1.82) is 0 Å². The molecule has 0 bridgehead atoms. The summed E-state index contributed by atoms with van der Waals surface area (Å²) >= 11 is 0. The van der Waals surface area contributed by atoms with Crippen molar-refractivity contribution in [3.05, 3.63) is 35.4 Å². The van der Waals surface area contributed by atoms with E-state index < -0.39 is 0 Å². The Balaban J connectivity index is 1.94. The molecule has 0 unspecified atom stereocenters. The summed E-state index contributed by atoms with van der Waals surface area (Å²) < 4.78 is 10.7. The number of aryl methyl sites for hydroxylation is 2. The molecule has 23 heavy (non-hydrogen) atoms. The van der Waals surface area contributed by atoms with Crippen molar-refractivity contribution in [2.75, 3.05) is 32.1 Å². The number of hydrogen-bond acceptors (Lipinski definition) is 7. The summed E-state index contributed by atoms with van der Waals surface area (Å²) in [5.41, 5.74) is 1.15. The molecule has 0 radical (unpaired) electrons. The molecule has 1 N–H and O–H groups in total. The Morgan fingerprint density at radius 3 is 2.91 bits per heavy atom. The van der Waals surface area contributed by atoms with Crippen molar-refractivity contribution < 1.29 is 13.9 Å². The first-order valence-electron chi connectivity index (χ1n) is 7.42. The minimum atomic E-state index is -0.348. The molecule has 1 aliphatic heterocycles. The molecule has 0 aromatic carbocycles. The maximum atomic E-state index is 12.8. The van der Waals surface area contributed by atoms with Crippen molar-refractivity contribution in [2.24, 2.45) is 0 Å². The van der Waals surface area contributed by atoms with Crippen LogP contribution in [0, 0.1) is 13.8 Å². The van der Waals surface area contributed by atoms with Crippen molar-refractivity contribution in [1.82, 2.24) is 19.9 Å². The van der Waals surface area contributed by atoms with Gasteiger partial charge in [-0.1, -0.05) is 0 Å². The highest BCUT2D eigenvalue weighted by atomic mass is 16.5. The molecule has 0 spiro atoms. The summed E-state index contributed by atoms with van der Waals surface area (Å²) in [5, 5.41) is 3.01. The number of morpholine rings is 1. The Morgan fingerprint density at radius 2 is 2.22 bits per heavy atom. The van der Waals surface area contributed by atoms with E-state index in [0.29, 0.717) is 42.9 Å². The fourth-order valence-corrected chi connectivity index (χ4v) is 2.58. The van der Waals surface area contributed by atoms with E-state index in [-0.39, 0.29) is 11.9 Å². The van der Waals surface area contributed by atoms with E-state index in [1.54, 1.807) is 18.9 Å². The molecule has 0 aliphatic carbocycles. The zero-order valence-corrected chi connectivity index (χ0v) is 13.4. The van der Waals surface area contributed by atoms with Crippen LogP contribution in [-0.2, 0) is 4.74 Å². The van der Waals surface area contributed by atoms with Gasteiger partial charge in [0.25, 0.3) is 5.91 Å². The van der Waals surface area contributed by atoms with Gasteiger partial charge in [0.15, 0.2) is 17.9 Å². The van der Waals surface area contributed by atoms with Crippen molar-refractivity contribution >= 4 is 11.7 Å². The van der Waals surface area contributed by atoms with Crippen LogP contribution in [0.3, 0.4) is 0 Å². The van der Waals surface area contributed by atoms with E-state index in [0.717, 1.165) is 5.69 Å². The van der Waals surface area contributed by atoms with E-state index in [1.807, 2.05) is 13.0 Å². The van der Waals surface area contributed by atoms with Gasteiger partial charge in [-0.15, -0.1) is 0 Å². The molecular formula is C15H19N5O3. The molecule has 122 valence electrons. The topological polar surface area (TPSA) is 93.4 Å². The Morgan fingerprint density at radius 1 is 1.39 bits per heavy atom. The first-order valence-corrected chi connectivity index (χ1v) is 7.42. The number of carbonyl (C=O) groups excluding carboxylic acids is 1. The minimum absolute atomic E-state index is 0.194. The Kier molecular flexibility index (Phi) is 4.24. The number of amides is 1. The van der Waals surface area contributed by atoms with E-state index in [2.05, 4.69) is 20.3 Å². The van der Waals surface area contributed by atoms with Gasteiger partial charge in [0.1, 0.15) is 17.6 Å². The molecular weight excluding hydrogens is 298 g/mol. The van der Waals surface area contributed by atoms with E-state index in [1.165, 1.54) is 6.39 Å². The summed E-state index contributed by atoms with van der Waals surface area (Å²) in [6.07, 6.45) is 1.28. The highest BCUT2D eigenvalue weighted by Gasteiger charge is 2.33. The van der Waals surface area contributed by atoms with Crippen LogP contribution in [-0.4, -0.2) is 52.6 Å². The van der Waals surface area contributed by atoms with Crippen LogP contribution >= 0.6 is 0 Å². The quantitative estimate of drug-likeness (QED) is 0.913. The third-order valence-corrected chi connectivity index (χ3v) is 3.76. The molecule has 1 atom stereocenters. The first kappa shape index (κ1) is 15.4. The van der Waals surface area contributed by atoms with Crippen LogP contribution < -0.4 is 5.32 Å². The predicted octanol–water partition coefficient (Wildman–Crippen LogP) is 1.34. The van der Waals surface area contributed by atoms with Crippen molar-refractivity contribution in [3.8, 4) is 0 Å². The molecule has 1 saturated heterocycles. The molecule has 0 saturated carbocycles. The number of anilines is 1. The average Bonchev–Trinajstić information content (AvgIpc) is 2.99. The van der Waals surface area contributed by atoms with Crippen molar-refractivity contribution in [3.63, 3.8) is 0 Å². The first-order chi connectivity index (χ1) is 11.1. The van der Waals surface area contributed by atoms with Gasteiger partial charge in [-0.2, -0.15) is 0 Å². The molecule has 2 aromatic heterocycles. The van der Waals surface area contributed by atoms with E-state index in [4.69, 9.17) is 9.15 Å². The number of oxazole rings is 1. The number of nitrogens with zero attached hydrogens (tertiary/aromatic N) is 4. The maximum Gasteiger partial charge on any atom is 0.276 e. The van der Waals surface area contributed by atoms with Crippen LogP contribution in [0.25, 0.3) is 0 Å². The zero-order valence-electron chi connectivity index (χ0n) is 13.4. The molecule has 1 amide bonds. The normalized spacial score (nSPS) is 18.0.